The zero-order valence-electron chi connectivity index (χ0n) is 12.0. The van der Waals surface area contributed by atoms with Gasteiger partial charge in [-0.15, -0.1) is 0 Å². The van der Waals surface area contributed by atoms with E-state index in [1.165, 1.54) is 6.07 Å². The second kappa shape index (κ2) is 7.02. The first kappa shape index (κ1) is 17.6. The van der Waals surface area contributed by atoms with Crippen molar-refractivity contribution in [1.29, 1.82) is 0 Å². The largest absolute Gasteiger partial charge is 0.416 e. The van der Waals surface area contributed by atoms with Crippen LogP contribution >= 0.6 is 11.6 Å². The molecule has 1 aromatic rings. The maximum Gasteiger partial charge on any atom is 0.416 e. The van der Waals surface area contributed by atoms with E-state index in [0.717, 1.165) is 18.6 Å². The number of anilines is 1. The fourth-order valence-corrected chi connectivity index (χ4v) is 1.81. The monoisotopic (exact) mass is 322 g/mol. The third-order valence-corrected chi connectivity index (χ3v) is 3.38. The van der Waals surface area contributed by atoms with Crippen molar-refractivity contribution in [2.45, 2.75) is 45.5 Å². The van der Waals surface area contributed by atoms with Gasteiger partial charge in [0.15, 0.2) is 0 Å². The Labute approximate surface area is 126 Å². The Morgan fingerprint density at radius 2 is 1.95 bits per heavy atom. The van der Waals surface area contributed by atoms with Crippen LogP contribution in [0.15, 0.2) is 18.2 Å². The molecule has 0 aliphatic heterocycles. The number of hydrogen-bond donors (Lipinski definition) is 2. The molecule has 2 atom stereocenters. The Morgan fingerprint density at radius 3 is 2.43 bits per heavy atom. The normalized spacial score (nSPS) is 14.4. The van der Waals surface area contributed by atoms with Crippen molar-refractivity contribution in [3.05, 3.63) is 28.8 Å². The molecule has 0 radical (unpaired) electrons. The molecule has 1 aromatic carbocycles. The van der Waals surface area contributed by atoms with Crippen LogP contribution in [0.3, 0.4) is 0 Å². The summed E-state index contributed by atoms with van der Waals surface area (Å²) in [6.45, 7) is 5.43. The van der Waals surface area contributed by atoms with Crippen molar-refractivity contribution >= 4 is 23.2 Å². The molecule has 0 heterocycles. The molecule has 0 bridgehead atoms. The van der Waals surface area contributed by atoms with Crippen molar-refractivity contribution in [2.75, 3.05) is 5.32 Å². The van der Waals surface area contributed by atoms with Crippen molar-refractivity contribution in [3.63, 3.8) is 0 Å². The molecular formula is C14H18ClF3N2O. The van der Waals surface area contributed by atoms with Crippen LogP contribution in [0.5, 0.6) is 0 Å². The number of nitrogens with one attached hydrogen (secondary N) is 2. The van der Waals surface area contributed by atoms with E-state index in [-0.39, 0.29) is 22.7 Å². The molecule has 3 nitrogen and oxygen atoms in total. The highest BCUT2D eigenvalue weighted by atomic mass is 35.5. The number of carbonyl (C=O) groups is 1. The zero-order chi connectivity index (χ0) is 16.2. The average molecular weight is 323 g/mol. The summed E-state index contributed by atoms with van der Waals surface area (Å²) in [4.78, 5) is 11.9. The summed E-state index contributed by atoms with van der Waals surface area (Å²) < 4.78 is 37.6. The summed E-state index contributed by atoms with van der Waals surface area (Å²) in [6.07, 6.45) is -3.65. The van der Waals surface area contributed by atoms with Crippen molar-refractivity contribution in [3.8, 4) is 0 Å². The lowest BCUT2D eigenvalue weighted by molar-refractivity contribution is -0.137. The Hall–Kier alpha value is -1.43. The van der Waals surface area contributed by atoms with Crippen molar-refractivity contribution < 1.29 is 18.0 Å². The van der Waals surface area contributed by atoms with E-state index in [9.17, 15) is 18.0 Å². The van der Waals surface area contributed by atoms with Crippen LogP contribution in [0.4, 0.5) is 18.9 Å². The first-order chi connectivity index (χ1) is 9.65. The summed E-state index contributed by atoms with van der Waals surface area (Å²) in [5.41, 5.74) is -0.536. The van der Waals surface area contributed by atoms with Crippen LogP contribution in [0.1, 0.15) is 32.8 Å². The summed E-state index contributed by atoms with van der Waals surface area (Å²) in [6, 6.07) is 2.41. The lowest BCUT2D eigenvalue weighted by Crippen LogP contribution is -2.41. The fourth-order valence-electron chi connectivity index (χ4n) is 1.58. The molecule has 2 N–H and O–H groups in total. The van der Waals surface area contributed by atoms with Gasteiger partial charge in [0.05, 0.1) is 16.3 Å². The second-order valence-corrected chi connectivity index (χ2v) is 5.28. The highest BCUT2D eigenvalue weighted by Gasteiger charge is 2.31. The van der Waals surface area contributed by atoms with E-state index in [2.05, 4.69) is 10.6 Å². The van der Waals surface area contributed by atoms with E-state index in [4.69, 9.17) is 11.6 Å². The lowest BCUT2D eigenvalue weighted by Gasteiger charge is -2.19. The molecule has 7 heteroatoms. The van der Waals surface area contributed by atoms with Crippen LogP contribution < -0.4 is 10.6 Å². The van der Waals surface area contributed by atoms with Crippen LogP contribution in [-0.2, 0) is 11.0 Å². The summed E-state index contributed by atoms with van der Waals surface area (Å²) in [5.74, 6) is -0.236. The Kier molecular flexibility index (Phi) is 5.89. The van der Waals surface area contributed by atoms with Crippen LogP contribution in [0, 0.1) is 0 Å². The molecule has 1 amide bonds. The van der Waals surface area contributed by atoms with Gasteiger partial charge in [0.25, 0.3) is 0 Å². The first-order valence-electron chi connectivity index (χ1n) is 6.58. The van der Waals surface area contributed by atoms with Gasteiger partial charge in [-0.3, -0.25) is 4.79 Å². The molecule has 1 rings (SSSR count). The van der Waals surface area contributed by atoms with Gasteiger partial charge in [-0.25, -0.2) is 0 Å². The number of amides is 1. The minimum absolute atomic E-state index is 0.0322. The SMILES string of the molecule is CCC(C)NC(=O)C(C)Nc1ccc(C(F)(F)F)cc1Cl. The third-order valence-electron chi connectivity index (χ3n) is 3.06. The average Bonchev–Trinajstić information content (AvgIpc) is 2.39. The number of hydrogen-bond acceptors (Lipinski definition) is 2. The number of carbonyl (C=O) groups excluding carboxylic acids is 1. The van der Waals surface area contributed by atoms with Crippen LogP contribution in [0.25, 0.3) is 0 Å². The van der Waals surface area contributed by atoms with E-state index < -0.39 is 17.8 Å². The molecule has 2 unspecified atom stereocenters. The quantitative estimate of drug-likeness (QED) is 0.858. The second-order valence-electron chi connectivity index (χ2n) is 4.88. The number of alkyl halides is 3. The van der Waals surface area contributed by atoms with Gasteiger partial charge in [-0.2, -0.15) is 13.2 Å². The molecule has 0 spiro atoms. The van der Waals surface area contributed by atoms with Crippen molar-refractivity contribution in [2.24, 2.45) is 0 Å². The summed E-state index contributed by atoms with van der Waals surface area (Å²) in [5, 5.41) is 5.51. The Balaban J connectivity index is 2.77. The predicted molar refractivity (Wildman–Crippen MR) is 77.4 cm³/mol. The van der Waals surface area contributed by atoms with E-state index in [1.807, 2.05) is 13.8 Å². The smallest absolute Gasteiger partial charge is 0.373 e. The van der Waals surface area contributed by atoms with Gasteiger partial charge >= 0.3 is 6.18 Å². The van der Waals surface area contributed by atoms with Crippen LogP contribution in [-0.4, -0.2) is 18.0 Å². The van der Waals surface area contributed by atoms with Gasteiger partial charge in [0.2, 0.25) is 5.91 Å². The number of benzene rings is 1. The van der Waals surface area contributed by atoms with E-state index in [0.29, 0.717) is 0 Å². The van der Waals surface area contributed by atoms with Gasteiger partial charge in [0, 0.05) is 6.04 Å². The zero-order valence-corrected chi connectivity index (χ0v) is 12.8. The molecule has 0 saturated carbocycles. The van der Waals surface area contributed by atoms with Crippen LogP contribution in [0.2, 0.25) is 5.02 Å². The van der Waals surface area contributed by atoms with Crippen molar-refractivity contribution in [1.82, 2.24) is 5.32 Å². The summed E-state index contributed by atoms with van der Waals surface area (Å²) >= 11 is 5.82. The topological polar surface area (TPSA) is 41.1 Å². The minimum atomic E-state index is -4.44. The molecule has 118 valence electrons. The maximum atomic E-state index is 12.5. The Bertz CT molecular complexity index is 505. The molecule has 21 heavy (non-hydrogen) atoms. The molecular weight excluding hydrogens is 305 g/mol. The van der Waals surface area contributed by atoms with E-state index >= 15 is 0 Å². The summed E-state index contributed by atoms with van der Waals surface area (Å²) in [7, 11) is 0. The number of halogens is 4. The van der Waals surface area contributed by atoms with E-state index in [1.54, 1.807) is 6.92 Å². The standard InChI is InChI=1S/C14H18ClF3N2O/c1-4-8(2)19-13(21)9(3)20-12-6-5-10(7-11(12)15)14(16,17)18/h5-9,20H,4H2,1-3H3,(H,19,21). The van der Waals surface area contributed by atoms with Gasteiger partial charge in [-0.05, 0) is 38.5 Å². The van der Waals surface area contributed by atoms with Gasteiger partial charge in [-0.1, -0.05) is 18.5 Å². The van der Waals surface area contributed by atoms with Gasteiger partial charge in [0.1, 0.15) is 6.04 Å². The number of rotatable bonds is 5. The third kappa shape index (κ3) is 5.12. The molecule has 0 saturated heterocycles. The molecule has 0 aromatic heterocycles. The molecule has 0 aliphatic rings. The lowest BCUT2D eigenvalue weighted by atomic mass is 10.1. The highest BCUT2D eigenvalue weighted by molar-refractivity contribution is 6.33. The molecule has 0 aliphatic carbocycles. The highest BCUT2D eigenvalue weighted by Crippen LogP contribution is 2.33. The molecule has 0 fully saturated rings. The minimum Gasteiger partial charge on any atom is -0.373 e. The predicted octanol–water partition coefficient (Wildman–Crippen LogP) is 4.07. The van der Waals surface area contributed by atoms with Gasteiger partial charge < -0.3 is 10.6 Å². The fraction of sp³-hybridized carbons (Fsp3) is 0.500. The maximum absolute atomic E-state index is 12.5. The Morgan fingerprint density at radius 1 is 1.33 bits per heavy atom. The first-order valence-corrected chi connectivity index (χ1v) is 6.96.